The lowest BCUT2D eigenvalue weighted by Gasteiger charge is -1.99. The van der Waals surface area contributed by atoms with E-state index < -0.39 is 5.97 Å². The van der Waals surface area contributed by atoms with Crippen LogP contribution >= 0.6 is 0 Å². The second-order valence-electron chi connectivity index (χ2n) is 8.68. The van der Waals surface area contributed by atoms with Crippen LogP contribution in [-0.2, 0) is 4.74 Å². The van der Waals surface area contributed by atoms with Crippen molar-refractivity contribution >= 4 is 41.4 Å². The number of fused-ring (bicyclic) bond motifs is 3. The molecule has 6 aromatic heterocycles. The van der Waals surface area contributed by atoms with Gasteiger partial charge in [-0.3, -0.25) is 14.4 Å². The molecular weight excluding hydrogens is 526 g/mol. The van der Waals surface area contributed by atoms with Gasteiger partial charge in [0.25, 0.3) is 0 Å². The first-order valence-corrected chi connectivity index (χ1v) is 12.1. The molecule has 0 aliphatic carbocycles. The maximum absolute atomic E-state index is 11.2. The van der Waals surface area contributed by atoms with Crippen LogP contribution in [-0.4, -0.2) is 60.8 Å². The van der Waals surface area contributed by atoms with Crippen LogP contribution in [0.25, 0.3) is 16.6 Å². The van der Waals surface area contributed by atoms with Gasteiger partial charge < -0.3 is 4.74 Å². The number of pyridine rings is 3. The molecule has 0 radical (unpaired) electrons. The predicted octanol–water partition coefficient (Wildman–Crippen LogP) is 3.72. The van der Waals surface area contributed by atoms with Gasteiger partial charge in [0.15, 0.2) is 18.9 Å². The monoisotopic (exact) mass is 549 g/mol. The van der Waals surface area contributed by atoms with Gasteiger partial charge in [-0.1, -0.05) is 0 Å². The quantitative estimate of drug-likeness (QED) is 0.236. The Hall–Kier alpha value is -5.96. The fourth-order valence-corrected chi connectivity index (χ4v) is 3.93. The molecule has 6 rings (SSSR count). The summed E-state index contributed by atoms with van der Waals surface area (Å²) in [7, 11) is 1.31. The Labute approximate surface area is 233 Å². The van der Waals surface area contributed by atoms with Crippen LogP contribution in [0.15, 0.2) is 67.4 Å². The number of nitrogens with zero attached hydrogens (tertiary/aromatic N) is 7. The number of rotatable bonds is 4. The second-order valence-corrected chi connectivity index (χ2v) is 8.68. The molecule has 0 atom stereocenters. The van der Waals surface area contributed by atoms with Crippen LogP contribution in [0.4, 0.5) is 0 Å². The average Bonchev–Trinajstić information content (AvgIpc) is 3.70. The molecule has 6 aromatic rings. The maximum atomic E-state index is 11.2. The molecule has 12 heteroatoms. The Morgan fingerprint density at radius 2 is 1.44 bits per heavy atom. The molecule has 0 N–H and O–H groups in total. The molecule has 0 aromatic carbocycles. The van der Waals surface area contributed by atoms with Crippen LogP contribution in [0.5, 0.6) is 0 Å². The first-order chi connectivity index (χ1) is 19.8. The molecule has 0 aliphatic heterocycles. The van der Waals surface area contributed by atoms with Crippen molar-refractivity contribution in [1.29, 1.82) is 5.26 Å². The summed E-state index contributed by atoms with van der Waals surface area (Å²) < 4.78 is 9.39. The molecule has 41 heavy (non-hydrogen) atoms. The van der Waals surface area contributed by atoms with Gasteiger partial charge >= 0.3 is 5.97 Å². The highest BCUT2D eigenvalue weighted by Crippen LogP contribution is 2.14. The summed E-state index contributed by atoms with van der Waals surface area (Å²) in [6.07, 6.45) is 10.3. The normalized spacial score (nSPS) is 10.2. The fraction of sp³-hybridized carbons (Fsp3) is 0.103. The van der Waals surface area contributed by atoms with Crippen LogP contribution in [0.1, 0.15) is 58.3 Å². The standard InChI is InChI=1S/C10H8N2O3.C10H10N2O.C9H5N3O/c1-15-10(14)7-2-3-12-9(4-7)8(6-13)5-11-12;1-7-3-4-12-10(5-7)9(6-13)8(2)11-12;10-4-7-1-2-12-9(3-7)8(6-13)5-11-12/h2-6H,1H3;3-6H,1-2H3;1-3,5-6H. The minimum absolute atomic E-state index is 0.397. The number of aldehydes is 3. The maximum Gasteiger partial charge on any atom is 0.337 e. The summed E-state index contributed by atoms with van der Waals surface area (Å²) in [5, 5.41) is 20.7. The molecular formula is C29H23N7O5. The van der Waals surface area contributed by atoms with Crippen molar-refractivity contribution in [3.8, 4) is 6.07 Å². The highest BCUT2D eigenvalue weighted by Gasteiger charge is 2.09. The first-order valence-electron chi connectivity index (χ1n) is 12.1. The third kappa shape index (κ3) is 5.89. The van der Waals surface area contributed by atoms with Crippen molar-refractivity contribution in [2.75, 3.05) is 7.11 Å². The largest absolute Gasteiger partial charge is 0.465 e. The van der Waals surface area contributed by atoms with Gasteiger partial charge in [0.2, 0.25) is 0 Å². The van der Waals surface area contributed by atoms with Gasteiger partial charge in [-0.05, 0) is 55.8 Å². The van der Waals surface area contributed by atoms with Crippen molar-refractivity contribution in [2.45, 2.75) is 13.8 Å². The lowest BCUT2D eigenvalue weighted by Crippen LogP contribution is -2.02. The van der Waals surface area contributed by atoms with E-state index in [-0.39, 0.29) is 0 Å². The summed E-state index contributed by atoms with van der Waals surface area (Å²) in [5.41, 5.74) is 6.59. The zero-order chi connectivity index (χ0) is 29.5. The van der Waals surface area contributed by atoms with E-state index in [0.29, 0.717) is 45.1 Å². The van der Waals surface area contributed by atoms with Gasteiger partial charge in [-0.15, -0.1) is 0 Å². The molecule has 12 nitrogen and oxygen atoms in total. The topological polar surface area (TPSA) is 153 Å². The number of ether oxygens (including phenoxy) is 1. The highest BCUT2D eigenvalue weighted by molar-refractivity contribution is 5.93. The van der Waals surface area contributed by atoms with E-state index in [9.17, 15) is 19.2 Å². The van der Waals surface area contributed by atoms with Crippen LogP contribution in [0.3, 0.4) is 0 Å². The number of hydrogen-bond donors (Lipinski definition) is 0. The summed E-state index contributed by atoms with van der Waals surface area (Å²) in [4.78, 5) is 43.2. The van der Waals surface area contributed by atoms with Gasteiger partial charge in [-0.2, -0.15) is 20.6 Å². The molecule has 0 unspecified atom stereocenters. The zero-order valence-corrected chi connectivity index (χ0v) is 22.3. The molecule has 6 heterocycles. The lowest BCUT2D eigenvalue weighted by molar-refractivity contribution is 0.0600. The van der Waals surface area contributed by atoms with E-state index in [4.69, 9.17) is 5.26 Å². The Kier molecular flexibility index (Phi) is 8.39. The molecule has 204 valence electrons. The van der Waals surface area contributed by atoms with Gasteiger partial charge in [-0.25, -0.2) is 18.3 Å². The Bertz CT molecular complexity index is 1960. The van der Waals surface area contributed by atoms with Gasteiger partial charge in [0.05, 0.1) is 75.6 Å². The third-order valence-electron chi connectivity index (χ3n) is 6.04. The number of esters is 1. The number of nitriles is 1. The van der Waals surface area contributed by atoms with Gasteiger partial charge in [0.1, 0.15) is 0 Å². The minimum atomic E-state index is -0.435. The smallest absolute Gasteiger partial charge is 0.337 e. The summed E-state index contributed by atoms with van der Waals surface area (Å²) in [6, 6.07) is 12.4. The number of carbonyl (C=O) groups is 4. The Morgan fingerprint density at radius 1 is 0.829 bits per heavy atom. The third-order valence-corrected chi connectivity index (χ3v) is 6.04. The molecule has 0 saturated carbocycles. The Morgan fingerprint density at radius 3 is 2.02 bits per heavy atom. The molecule has 0 bridgehead atoms. The summed E-state index contributed by atoms with van der Waals surface area (Å²) in [6.45, 7) is 3.84. The number of methoxy groups -OCH3 is 1. The lowest BCUT2D eigenvalue weighted by atomic mass is 10.2. The van der Waals surface area contributed by atoms with Crippen molar-refractivity contribution in [3.63, 3.8) is 0 Å². The van der Waals surface area contributed by atoms with Crippen molar-refractivity contribution < 1.29 is 23.9 Å². The fourth-order valence-electron chi connectivity index (χ4n) is 3.93. The van der Waals surface area contributed by atoms with Gasteiger partial charge in [0, 0.05) is 18.6 Å². The van der Waals surface area contributed by atoms with Crippen molar-refractivity contribution in [3.05, 3.63) is 106 Å². The molecule has 0 amide bonds. The number of aryl methyl sites for hydroxylation is 2. The van der Waals surface area contributed by atoms with Crippen LogP contribution in [0, 0.1) is 25.2 Å². The molecule has 0 spiro atoms. The first kappa shape index (κ1) is 28.1. The van der Waals surface area contributed by atoms with E-state index in [1.54, 1.807) is 45.7 Å². The highest BCUT2D eigenvalue weighted by atomic mass is 16.5. The van der Waals surface area contributed by atoms with Crippen molar-refractivity contribution in [1.82, 2.24) is 28.8 Å². The molecule has 0 fully saturated rings. The van der Waals surface area contributed by atoms with Crippen LogP contribution in [0.2, 0.25) is 0 Å². The van der Waals surface area contributed by atoms with E-state index in [0.717, 1.165) is 29.3 Å². The average molecular weight is 550 g/mol. The SMILES string of the molecule is COC(=O)c1ccn2ncc(C=O)c2c1.Cc1ccn2nc(C)c(C=O)c2c1.N#Cc1ccn2ncc(C=O)c2c1. The number of aromatic nitrogens is 6. The Balaban J connectivity index is 0.000000142. The second kappa shape index (κ2) is 12.3. The van der Waals surface area contributed by atoms with Crippen LogP contribution < -0.4 is 0 Å². The predicted molar refractivity (Wildman–Crippen MR) is 147 cm³/mol. The summed E-state index contributed by atoms with van der Waals surface area (Å²) >= 11 is 0. The number of hydrogen-bond acceptors (Lipinski definition) is 9. The van der Waals surface area contributed by atoms with E-state index in [2.05, 4.69) is 20.0 Å². The van der Waals surface area contributed by atoms with E-state index in [1.807, 2.05) is 38.2 Å². The number of carbonyl (C=O) groups excluding carboxylic acids is 4. The molecule has 0 saturated heterocycles. The minimum Gasteiger partial charge on any atom is -0.465 e. The summed E-state index contributed by atoms with van der Waals surface area (Å²) in [5.74, 6) is -0.435. The zero-order valence-electron chi connectivity index (χ0n) is 22.3. The molecule has 0 aliphatic rings. The van der Waals surface area contributed by atoms with E-state index >= 15 is 0 Å². The van der Waals surface area contributed by atoms with Crippen molar-refractivity contribution in [2.24, 2.45) is 0 Å². The van der Waals surface area contributed by atoms with E-state index in [1.165, 1.54) is 24.0 Å².